The summed E-state index contributed by atoms with van der Waals surface area (Å²) in [7, 11) is 1.67. The maximum absolute atomic E-state index is 10.2. The van der Waals surface area contributed by atoms with Gasteiger partial charge in [-0.25, -0.2) is 0 Å². The molecule has 1 N–H and O–H groups in total. The molecule has 3 heteroatoms. The van der Waals surface area contributed by atoms with Crippen LogP contribution < -0.4 is 4.74 Å². The van der Waals surface area contributed by atoms with Crippen molar-refractivity contribution >= 4 is 0 Å². The number of methoxy groups -OCH3 is 1. The van der Waals surface area contributed by atoms with E-state index in [2.05, 4.69) is 0 Å². The van der Waals surface area contributed by atoms with E-state index in [9.17, 15) is 5.11 Å². The lowest BCUT2D eigenvalue weighted by molar-refractivity contribution is -0.0201. The maximum Gasteiger partial charge on any atom is 0.120 e. The molecule has 0 saturated heterocycles. The third-order valence-corrected chi connectivity index (χ3v) is 3.31. The maximum atomic E-state index is 10.2. The van der Waals surface area contributed by atoms with Crippen molar-refractivity contribution in [2.45, 2.75) is 50.9 Å². The molecule has 0 aromatic heterocycles. The van der Waals surface area contributed by atoms with E-state index in [0.717, 1.165) is 24.2 Å². The van der Waals surface area contributed by atoms with Crippen molar-refractivity contribution < 1.29 is 14.6 Å². The third-order valence-electron chi connectivity index (χ3n) is 3.31. The summed E-state index contributed by atoms with van der Waals surface area (Å²) in [6.45, 7) is 3.95. The largest absolute Gasteiger partial charge is 0.490 e. The van der Waals surface area contributed by atoms with E-state index in [1.807, 2.05) is 38.1 Å². The molecular formula is C15H22O3. The van der Waals surface area contributed by atoms with Crippen LogP contribution in [0.1, 0.15) is 44.8 Å². The van der Waals surface area contributed by atoms with Crippen molar-refractivity contribution in [3.63, 3.8) is 0 Å². The molecule has 1 fully saturated rings. The smallest absolute Gasteiger partial charge is 0.120 e. The molecule has 0 amide bonds. The minimum atomic E-state index is -0.525. The Hall–Kier alpha value is -1.06. The molecule has 1 aromatic carbocycles. The van der Waals surface area contributed by atoms with E-state index in [1.54, 1.807) is 7.11 Å². The van der Waals surface area contributed by atoms with E-state index in [-0.39, 0.29) is 5.60 Å². The Morgan fingerprint density at radius 1 is 1.39 bits per heavy atom. The molecular weight excluding hydrogens is 228 g/mol. The fourth-order valence-electron chi connectivity index (χ4n) is 1.84. The fourth-order valence-corrected chi connectivity index (χ4v) is 1.84. The molecule has 2 rings (SSSR count). The number of hydrogen-bond donors (Lipinski definition) is 1. The zero-order chi connectivity index (χ0) is 13.2. The molecule has 1 unspecified atom stereocenters. The highest BCUT2D eigenvalue weighted by Gasteiger charge is 2.25. The molecule has 0 aliphatic heterocycles. The fraction of sp³-hybridized carbons (Fsp3) is 0.600. The second kappa shape index (κ2) is 5.29. The number of aliphatic hydroxyl groups is 1. The molecule has 0 heterocycles. The summed E-state index contributed by atoms with van der Waals surface area (Å²) in [5, 5.41) is 10.2. The summed E-state index contributed by atoms with van der Waals surface area (Å²) in [6.07, 6.45) is 2.71. The highest BCUT2D eigenvalue weighted by molar-refractivity contribution is 5.30. The summed E-state index contributed by atoms with van der Waals surface area (Å²) >= 11 is 0. The van der Waals surface area contributed by atoms with Crippen LogP contribution >= 0.6 is 0 Å². The SMILES string of the molecule is COC(C)(C)CC(O)c1cccc(OC2CC2)c1. The summed E-state index contributed by atoms with van der Waals surface area (Å²) in [5.41, 5.74) is 0.561. The van der Waals surface area contributed by atoms with Crippen LogP contribution in [-0.4, -0.2) is 23.9 Å². The summed E-state index contributed by atoms with van der Waals surface area (Å²) < 4.78 is 11.1. The lowest BCUT2D eigenvalue weighted by atomic mass is 9.96. The average molecular weight is 250 g/mol. The Morgan fingerprint density at radius 3 is 2.72 bits per heavy atom. The van der Waals surface area contributed by atoms with Gasteiger partial charge in [0.25, 0.3) is 0 Å². The van der Waals surface area contributed by atoms with Gasteiger partial charge in [-0.3, -0.25) is 0 Å². The monoisotopic (exact) mass is 250 g/mol. The Morgan fingerprint density at radius 2 is 2.11 bits per heavy atom. The molecule has 1 aromatic rings. The summed E-state index contributed by atoms with van der Waals surface area (Å²) in [5.74, 6) is 0.851. The van der Waals surface area contributed by atoms with Crippen LogP contribution in [0.4, 0.5) is 0 Å². The van der Waals surface area contributed by atoms with Crippen LogP contribution in [0.2, 0.25) is 0 Å². The van der Waals surface area contributed by atoms with E-state index < -0.39 is 6.10 Å². The van der Waals surface area contributed by atoms with Crippen molar-refractivity contribution in [3.8, 4) is 5.75 Å². The molecule has 1 atom stereocenters. The molecule has 1 aliphatic rings. The van der Waals surface area contributed by atoms with Gasteiger partial charge >= 0.3 is 0 Å². The van der Waals surface area contributed by atoms with Gasteiger partial charge in [0.2, 0.25) is 0 Å². The normalized spacial score (nSPS) is 17.6. The van der Waals surface area contributed by atoms with Crippen molar-refractivity contribution in [3.05, 3.63) is 29.8 Å². The first kappa shape index (κ1) is 13.4. The summed E-state index contributed by atoms with van der Waals surface area (Å²) in [4.78, 5) is 0. The summed E-state index contributed by atoms with van der Waals surface area (Å²) in [6, 6.07) is 7.72. The van der Waals surface area contributed by atoms with E-state index >= 15 is 0 Å². The van der Waals surface area contributed by atoms with Crippen molar-refractivity contribution in [1.29, 1.82) is 0 Å². The van der Waals surface area contributed by atoms with Gasteiger partial charge in [-0.05, 0) is 44.4 Å². The zero-order valence-electron chi connectivity index (χ0n) is 11.3. The van der Waals surface area contributed by atoms with Gasteiger partial charge in [-0.15, -0.1) is 0 Å². The molecule has 100 valence electrons. The predicted molar refractivity (Wildman–Crippen MR) is 70.8 cm³/mol. The van der Waals surface area contributed by atoms with Crippen LogP contribution in [0.25, 0.3) is 0 Å². The van der Waals surface area contributed by atoms with Crippen LogP contribution in [0.5, 0.6) is 5.75 Å². The Labute approximate surface area is 109 Å². The van der Waals surface area contributed by atoms with Gasteiger partial charge in [-0.1, -0.05) is 12.1 Å². The predicted octanol–water partition coefficient (Wildman–Crippen LogP) is 3.08. The second-order valence-corrected chi connectivity index (χ2v) is 5.57. The van der Waals surface area contributed by atoms with Crippen molar-refractivity contribution in [2.24, 2.45) is 0 Å². The lowest BCUT2D eigenvalue weighted by Gasteiger charge is -2.26. The molecule has 18 heavy (non-hydrogen) atoms. The zero-order valence-corrected chi connectivity index (χ0v) is 11.3. The molecule has 1 saturated carbocycles. The molecule has 0 radical (unpaired) electrons. The number of hydrogen-bond acceptors (Lipinski definition) is 3. The van der Waals surface area contributed by atoms with Gasteiger partial charge in [-0.2, -0.15) is 0 Å². The lowest BCUT2D eigenvalue weighted by Crippen LogP contribution is -2.25. The first-order chi connectivity index (χ1) is 8.50. The molecule has 3 nitrogen and oxygen atoms in total. The van der Waals surface area contributed by atoms with Crippen LogP contribution in [-0.2, 0) is 4.74 Å². The number of ether oxygens (including phenoxy) is 2. The number of aliphatic hydroxyl groups excluding tert-OH is 1. The minimum Gasteiger partial charge on any atom is -0.490 e. The van der Waals surface area contributed by atoms with E-state index in [0.29, 0.717) is 12.5 Å². The molecule has 1 aliphatic carbocycles. The van der Waals surface area contributed by atoms with Gasteiger partial charge < -0.3 is 14.6 Å². The Bertz CT molecular complexity index is 396. The first-order valence-electron chi connectivity index (χ1n) is 6.50. The highest BCUT2D eigenvalue weighted by Crippen LogP contribution is 2.30. The minimum absolute atomic E-state index is 0.327. The average Bonchev–Trinajstić information content (AvgIpc) is 3.13. The van der Waals surface area contributed by atoms with Crippen LogP contribution in [0.3, 0.4) is 0 Å². The molecule has 0 bridgehead atoms. The second-order valence-electron chi connectivity index (χ2n) is 5.57. The van der Waals surface area contributed by atoms with Crippen molar-refractivity contribution in [2.75, 3.05) is 7.11 Å². The third kappa shape index (κ3) is 3.72. The Kier molecular flexibility index (Phi) is 3.93. The van der Waals surface area contributed by atoms with Gasteiger partial charge in [0.05, 0.1) is 17.8 Å². The van der Waals surface area contributed by atoms with Crippen molar-refractivity contribution in [1.82, 2.24) is 0 Å². The standard InChI is InChI=1S/C15H22O3/c1-15(2,17-3)10-14(16)11-5-4-6-13(9-11)18-12-7-8-12/h4-6,9,12,14,16H,7-8,10H2,1-3H3. The van der Waals surface area contributed by atoms with Gasteiger partial charge in [0, 0.05) is 13.5 Å². The Balaban J connectivity index is 2.02. The van der Waals surface area contributed by atoms with Gasteiger partial charge in [0.1, 0.15) is 5.75 Å². The van der Waals surface area contributed by atoms with Gasteiger partial charge in [0.15, 0.2) is 0 Å². The van der Waals surface area contributed by atoms with Crippen LogP contribution in [0, 0.1) is 0 Å². The quantitative estimate of drug-likeness (QED) is 0.843. The van der Waals surface area contributed by atoms with Crippen LogP contribution in [0.15, 0.2) is 24.3 Å². The molecule has 0 spiro atoms. The topological polar surface area (TPSA) is 38.7 Å². The number of benzene rings is 1. The number of rotatable bonds is 6. The van der Waals surface area contributed by atoms with E-state index in [4.69, 9.17) is 9.47 Å². The first-order valence-corrected chi connectivity index (χ1v) is 6.50. The highest BCUT2D eigenvalue weighted by atomic mass is 16.5. The van der Waals surface area contributed by atoms with E-state index in [1.165, 1.54) is 0 Å².